The van der Waals surface area contributed by atoms with Gasteiger partial charge in [0.1, 0.15) is 0 Å². The van der Waals surface area contributed by atoms with Gasteiger partial charge >= 0.3 is 0 Å². The lowest BCUT2D eigenvalue weighted by molar-refractivity contribution is 0.385. The fourth-order valence-corrected chi connectivity index (χ4v) is 5.00. The average molecular weight is 485 g/mol. The maximum Gasteiger partial charge on any atom is 0.262 e. The molecule has 0 unspecified atom stereocenters. The van der Waals surface area contributed by atoms with E-state index in [1.165, 1.54) is 37.4 Å². The van der Waals surface area contributed by atoms with Gasteiger partial charge in [0, 0.05) is 16.8 Å². The monoisotopic (exact) mass is 484 g/mol. The Morgan fingerprint density at radius 3 is 2.10 bits per heavy atom. The molecule has 11 heteroatoms. The lowest BCUT2D eigenvalue weighted by atomic mass is 10.2. The molecule has 7 nitrogen and oxygen atoms in total. The number of methoxy groups -OCH3 is 1. The third-order valence-electron chi connectivity index (χ3n) is 4.29. The third kappa shape index (κ3) is 5.27. The van der Waals surface area contributed by atoms with Crippen LogP contribution in [0.5, 0.6) is 5.75 Å². The molecule has 0 aliphatic rings. The summed E-state index contributed by atoms with van der Waals surface area (Å²) in [6.07, 6.45) is 0. The summed E-state index contributed by atoms with van der Waals surface area (Å²) in [5.74, 6) is -0.912. The van der Waals surface area contributed by atoms with Gasteiger partial charge in [-0.1, -0.05) is 17.7 Å². The summed E-state index contributed by atoms with van der Waals surface area (Å²) in [4.78, 5) is -0.279. The molecule has 3 aromatic rings. The van der Waals surface area contributed by atoms with Crippen LogP contribution in [0.1, 0.15) is 5.56 Å². The molecule has 2 N–H and O–H groups in total. The van der Waals surface area contributed by atoms with E-state index >= 15 is 0 Å². The first kappa shape index (κ1) is 22.9. The van der Waals surface area contributed by atoms with E-state index in [-0.39, 0.29) is 21.2 Å². The molecule has 0 spiro atoms. The second-order valence-electron chi connectivity index (χ2n) is 6.49. The lowest BCUT2D eigenvalue weighted by Gasteiger charge is -2.12. The SMILES string of the molecule is COc1cc(S(=O)(=O)Nc2ccc(S(=O)(=O)Nc3cc(Cl)ccc3C)cc2)ccc1F. The largest absolute Gasteiger partial charge is 0.494 e. The Morgan fingerprint density at radius 1 is 0.839 bits per heavy atom. The Kier molecular flexibility index (Phi) is 6.44. The molecule has 0 aliphatic carbocycles. The molecular weight excluding hydrogens is 467 g/mol. The van der Waals surface area contributed by atoms with E-state index in [0.717, 1.165) is 18.2 Å². The summed E-state index contributed by atoms with van der Waals surface area (Å²) in [6, 6.07) is 13.1. The van der Waals surface area contributed by atoms with E-state index in [2.05, 4.69) is 9.44 Å². The molecule has 0 radical (unpaired) electrons. The van der Waals surface area contributed by atoms with Crippen molar-refractivity contribution in [2.75, 3.05) is 16.6 Å². The number of hydrogen-bond donors (Lipinski definition) is 2. The number of rotatable bonds is 7. The van der Waals surface area contributed by atoms with E-state index in [4.69, 9.17) is 16.3 Å². The van der Waals surface area contributed by atoms with Gasteiger partial charge in [0.05, 0.1) is 22.6 Å². The predicted molar refractivity (Wildman–Crippen MR) is 117 cm³/mol. The van der Waals surface area contributed by atoms with Crippen LogP contribution in [0.4, 0.5) is 15.8 Å². The zero-order valence-corrected chi connectivity index (χ0v) is 18.8. The van der Waals surface area contributed by atoms with Crippen molar-refractivity contribution in [1.82, 2.24) is 0 Å². The molecule has 0 heterocycles. The Labute approximate surface area is 184 Å². The van der Waals surface area contributed by atoms with Crippen LogP contribution in [0.25, 0.3) is 0 Å². The van der Waals surface area contributed by atoms with E-state index < -0.39 is 25.9 Å². The number of nitrogens with one attached hydrogen (secondary N) is 2. The minimum absolute atomic E-state index is 0.0710. The molecule has 31 heavy (non-hydrogen) atoms. The van der Waals surface area contributed by atoms with Crippen molar-refractivity contribution >= 4 is 43.0 Å². The van der Waals surface area contributed by atoms with Crippen LogP contribution in [0.15, 0.2) is 70.5 Å². The van der Waals surface area contributed by atoms with Crippen molar-refractivity contribution < 1.29 is 26.0 Å². The number of hydrogen-bond acceptors (Lipinski definition) is 5. The predicted octanol–water partition coefficient (Wildman–Crippen LogP) is 4.40. The van der Waals surface area contributed by atoms with Crippen LogP contribution in [-0.4, -0.2) is 23.9 Å². The van der Waals surface area contributed by atoms with Crippen LogP contribution >= 0.6 is 11.6 Å². The van der Waals surface area contributed by atoms with Gasteiger partial charge < -0.3 is 4.74 Å². The second kappa shape index (κ2) is 8.74. The van der Waals surface area contributed by atoms with Gasteiger partial charge in [0.25, 0.3) is 20.0 Å². The molecule has 0 saturated carbocycles. The average Bonchev–Trinajstić information content (AvgIpc) is 2.71. The van der Waals surface area contributed by atoms with Gasteiger partial charge in [-0.05, 0) is 61.0 Å². The van der Waals surface area contributed by atoms with Gasteiger partial charge in [0.15, 0.2) is 11.6 Å². The van der Waals surface area contributed by atoms with Crippen molar-refractivity contribution in [3.8, 4) is 5.75 Å². The highest BCUT2D eigenvalue weighted by molar-refractivity contribution is 7.93. The van der Waals surface area contributed by atoms with E-state index in [1.807, 2.05) is 0 Å². The summed E-state index contributed by atoms with van der Waals surface area (Å²) >= 11 is 5.92. The smallest absolute Gasteiger partial charge is 0.262 e. The molecule has 164 valence electrons. The fraction of sp³-hybridized carbons (Fsp3) is 0.100. The van der Waals surface area contributed by atoms with Gasteiger partial charge in [0.2, 0.25) is 0 Å². The van der Waals surface area contributed by atoms with Crippen LogP contribution in [0.2, 0.25) is 5.02 Å². The number of sulfonamides is 2. The molecule has 3 rings (SSSR count). The zero-order chi connectivity index (χ0) is 22.8. The lowest BCUT2D eigenvalue weighted by Crippen LogP contribution is -2.15. The van der Waals surface area contributed by atoms with Gasteiger partial charge in [-0.3, -0.25) is 9.44 Å². The standard InChI is InChI=1S/C20H18ClFN2O5S2/c1-13-3-4-14(21)11-19(13)24-30(25,26)16-7-5-15(6-8-16)23-31(27,28)17-9-10-18(22)20(12-17)29-2/h3-12,23-24H,1-2H3. The molecule has 0 aliphatic heterocycles. The van der Waals surface area contributed by atoms with Crippen LogP contribution in [-0.2, 0) is 20.0 Å². The fourth-order valence-electron chi connectivity index (χ4n) is 2.63. The minimum Gasteiger partial charge on any atom is -0.494 e. The number of ether oxygens (including phenoxy) is 1. The van der Waals surface area contributed by atoms with Crippen molar-refractivity contribution in [1.29, 1.82) is 0 Å². The third-order valence-corrected chi connectivity index (χ3v) is 7.29. The summed E-state index contributed by atoms with van der Waals surface area (Å²) in [5.41, 5.74) is 1.15. The molecule has 0 aromatic heterocycles. The summed E-state index contributed by atoms with van der Waals surface area (Å²) in [7, 11) is -6.75. The van der Waals surface area contributed by atoms with Crippen LogP contribution in [0, 0.1) is 12.7 Å². The summed E-state index contributed by atoms with van der Waals surface area (Å²) in [5, 5.41) is 0.380. The van der Waals surface area contributed by atoms with Gasteiger partial charge in [-0.15, -0.1) is 0 Å². The van der Waals surface area contributed by atoms with Crippen molar-refractivity contribution in [2.45, 2.75) is 16.7 Å². The first-order valence-electron chi connectivity index (χ1n) is 8.77. The molecule has 0 saturated heterocycles. The highest BCUT2D eigenvalue weighted by Crippen LogP contribution is 2.26. The minimum atomic E-state index is -4.05. The summed E-state index contributed by atoms with van der Waals surface area (Å²) in [6.45, 7) is 1.73. The Bertz CT molecular complexity index is 1330. The van der Waals surface area contributed by atoms with Gasteiger partial charge in [-0.25, -0.2) is 21.2 Å². The highest BCUT2D eigenvalue weighted by atomic mass is 35.5. The molecular formula is C20H18ClFN2O5S2. The zero-order valence-electron chi connectivity index (χ0n) is 16.4. The number of benzene rings is 3. The maximum absolute atomic E-state index is 13.5. The molecule has 0 bridgehead atoms. The molecule has 0 fully saturated rings. The Morgan fingerprint density at radius 2 is 1.45 bits per heavy atom. The van der Waals surface area contributed by atoms with E-state index in [1.54, 1.807) is 19.1 Å². The number of aryl methyl sites for hydroxylation is 1. The Hall–Kier alpha value is -2.82. The molecule has 0 atom stereocenters. The van der Waals surface area contributed by atoms with Gasteiger partial charge in [-0.2, -0.15) is 0 Å². The quantitative estimate of drug-likeness (QED) is 0.517. The first-order chi connectivity index (χ1) is 14.5. The van der Waals surface area contributed by atoms with E-state index in [9.17, 15) is 21.2 Å². The molecule has 0 amide bonds. The summed E-state index contributed by atoms with van der Waals surface area (Å²) < 4.78 is 73.5. The number of anilines is 2. The number of halogens is 2. The van der Waals surface area contributed by atoms with Crippen molar-refractivity contribution in [3.05, 3.63) is 77.1 Å². The van der Waals surface area contributed by atoms with Crippen molar-refractivity contribution in [3.63, 3.8) is 0 Å². The normalized spacial score (nSPS) is 11.7. The van der Waals surface area contributed by atoms with E-state index in [0.29, 0.717) is 16.3 Å². The second-order valence-corrected chi connectivity index (χ2v) is 10.3. The first-order valence-corrected chi connectivity index (χ1v) is 12.1. The topological polar surface area (TPSA) is 102 Å². The molecule has 3 aromatic carbocycles. The maximum atomic E-state index is 13.5. The van der Waals surface area contributed by atoms with Crippen molar-refractivity contribution in [2.24, 2.45) is 0 Å². The van der Waals surface area contributed by atoms with Crippen LogP contribution in [0.3, 0.4) is 0 Å². The highest BCUT2D eigenvalue weighted by Gasteiger charge is 2.19. The van der Waals surface area contributed by atoms with Crippen LogP contribution < -0.4 is 14.2 Å². The Balaban J connectivity index is 1.81.